The van der Waals surface area contributed by atoms with Crippen molar-refractivity contribution in [2.45, 2.75) is 39.5 Å². The normalized spacial score (nSPS) is 30.3. The molecule has 2 bridgehead atoms. The Bertz CT molecular complexity index is 227. The molecule has 2 atom stereocenters. The van der Waals surface area contributed by atoms with Gasteiger partial charge < -0.3 is 4.74 Å². The zero-order valence-corrected chi connectivity index (χ0v) is 10.1. The van der Waals surface area contributed by atoms with Crippen molar-refractivity contribution in [3.05, 3.63) is 12.7 Å². The Hall–Kier alpha value is -0.790. The molecule has 0 aromatic rings. The third kappa shape index (κ3) is 2.61. The maximum absolute atomic E-state index is 9.84. The topological polar surface area (TPSA) is 26.3 Å². The van der Waals surface area contributed by atoms with E-state index in [1.807, 2.05) is 0 Å². The van der Waals surface area contributed by atoms with E-state index in [9.17, 15) is 4.79 Å². The van der Waals surface area contributed by atoms with Gasteiger partial charge in [-0.25, -0.2) is 4.79 Å². The van der Waals surface area contributed by atoms with E-state index in [2.05, 4.69) is 25.2 Å². The summed E-state index contributed by atoms with van der Waals surface area (Å²) >= 11 is 0. The van der Waals surface area contributed by atoms with E-state index in [4.69, 9.17) is 0 Å². The van der Waals surface area contributed by atoms with E-state index in [-0.39, 0.29) is 0 Å². The van der Waals surface area contributed by atoms with Crippen molar-refractivity contribution in [3.63, 3.8) is 0 Å². The molecule has 0 heterocycles. The summed E-state index contributed by atoms with van der Waals surface area (Å²) in [6.45, 7) is 8.06. The Morgan fingerprint density at radius 2 is 1.93 bits per heavy atom. The van der Waals surface area contributed by atoms with E-state index >= 15 is 0 Å². The van der Waals surface area contributed by atoms with Crippen LogP contribution in [0.1, 0.15) is 39.5 Å². The van der Waals surface area contributed by atoms with Gasteiger partial charge in [-0.15, -0.1) is 0 Å². The van der Waals surface area contributed by atoms with Gasteiger partial charge in [-0.1, -0.05) is 26.8 Å². The predicted molar refractivity (Wildman–Crippen MR) is 61.4 cm³/mol. The molecule has 3 fully saturated rings. The molecular formula is C13H22O2. The number of ether oxygens (including phenoxy) is 1. The fourth-order valence-electron chi connectivity index (χ4n) is 2.80. The largest absolute Gasteiger partial charge is 0.466 e. The lowest BCUT2D eigenvalue weighted by molar-refractivity contribution is -0.134. The number of carbonyl (C=O) groups excluding carboxylic acids is 1. The van der Waals surface area contributed by atoms with Crippen molar-refractivity contribution in [1.82, 2.24) is 0 Å². The molecule has 0 aliphatic heterocycles. The molecule has 2 unspecified atom stereocenters. The molecule has 3 saturated carbocycles. The lowest BCUT2D eigenvalue weighted by Gasteiger charge is -2.56. The summed E-state index contributed by atoms with van der Waals surface area (Å²) in [4.78, 5) is 9.84. The van der Waals surface area contributed by atoms with Gasteiger partial charge >= 0.3 is 5.97 Å². The minimum Gasteiger partial charge on any atom is -0.466 e. The average molecular weight is 210 g/mol. The van der Waals surface area contributed by atoms with Crippen molar-refractivity contribution >= 4 is 5.97 Å². The second-order valence-corrected chi connectivity index (χ2v) is 5.11. The summed E-state index contributed by atoms with van der Waals surface area (Å²) in [6, 6.07) is 0. The first-order valence-electron chi connectivity index (χ1n) is 5.72. The van der Waals surface area contributed by atoms with Gasteiger partial charge in [0.1, 0.15) is 0 Å². The van der Waals surface area contributed by atoms with Gasteiger partial charge in [-0.05, 0) is 36.5 Å². The van der Waals surface area contributed by atoms with Crippen molar-refractivity contribution in [2.75, 3.05) is 7.11 Å². The highest BCUT2D eigenvalue weighted by atomic mass is 16.5. The van der Waals surface area contributed by atoms with Crippen molar-refractivity contribution in [1.29, 1.82) is 0 Å². The van der Waals surface area contributed by atoms with Crippen LogP contribution in [-0.4, -0.2) is 13.1 Å². The molecule has 0 aromatic carbocycles. The zero-order chi connectivity index (χ0) is 11.5. The summed E-state index contributed by atoms with van der Waals surface area (Å²) in [6.07, 6.45) is 7.21. The first-order chi connectivity index (χ1) is 7.02. The standard InChI is InChI=1S/C9H16.C4H6O2/c1-9(2)7-4-3-5-8(9)6-7;1-3-4(5)6-2/h7-8H,3-6H2,1-2H3;3H,1H2,2H3. The SMILES string of the molecule is C=CC(=O)OC.CC1(C)C2CCCC1C2. The third-order valence-electron chi connectivity index (χ3n) is 4.15. The number of fused-ring (bicyclic) bond motifs is 2. The van der Waals surface area contributed by atoms with Crippen LogP contribution in [0, 0.1) is 17.3 Å². The van der Waals surface area contributed by atoms with Crippen molar-refractivity contribution < 1.29 is 9.53 Å². The molecule has 0 aromatic heterocycles. The van der Waals surface area contributed by atoms with Crippen LogP contribution in [0.5, 0.6) is 0 Å². The minimum atomic E-state index is -0.394. The molecule has 2 heteroatoms. The molecule has 15 heavy (non-hydrogen) atoms. The van der Waals surface area contributed by atoms with Gasteiger partial charge in [0.15, 0.2) is 0 Å². The van der Waals surface area contributed by atoms with Crippen LogP contribution in [0.25, 0.3) is 0 Å². The highest BCUT2D eigenvalue weighted by Gasteiger charge is 2.49. The van der Waals surface area contributed by atoms with Crippen molar-refractivity contribution in [3.8, 4) is 0 Å². The number of rotatable bonds is 1. The van der Waals surface area contributed by atoms with Crippen LogP contribution < -0.4 is 0 Å². The number of carbonyl (C=O) groups is 1. The van der Waals surface area contributed by atoms with Gasteiger partial charge in [0.25, 0.3) is 0 Å². The Labute approximate surface area is 92.7 Å². The van der Waals surface area contributed by atoms with Crippen LogP contribution in [0.4, 0.5) is 0 Å². The fourth-order valence-corrected chi connectivity index (χ4v) is 2.80. The maximum Gasteiger partial charge on any atom is 0.329 e. The molecule has 0 saturated heterocycles. The van der Waals surface area contributed by atoms with Crippen LogP contribution in [-0.2, 0) is 9.53 Å². The quantitative estimate of drug-likeness (QED) is 0.491. The fraction of sp³-hybridized carbons (Fsp3) is 0.769. The third-order valence-corrected chi connectivity index (χ3v) is 4.15. The van der Waals surface area contributed by atoms with Gasteiger partial charge in [0.2, 0.25) is 0 Å². The molecule has 86 valence electrons. The Kier molecular flexibility index (Phi) is 3.95. The average Bonchev–Trinajstić information content (AvgIpc) is 2.29. The summed E-state index contributed by atoms with van der Waals surface area (Å²) in [7, 11) is 1.31. The summed E-state index contributed by atoms with van der Waals surface area (Å²) < 4.78 is 4.14. The molecule has 0 spiro atoms. The molecule has 3 aliphatic carbocycles. The Morgan fingerprint density at radius 1 is 1.40 bits per heavy atom. The predicted octanol–water partition coefficient (Wildman–Crippen LogP) is 3.18. The molecule has 0 amide bonds. The van der Waals surface area contributed by atoms with Crippen LogP contribution >= 0.6 is 0 Å². The highest BCUT2D eigenvalue weighted by Crippen LogP contribution is 2.58. The smallest absolute Gasteiger partial charge is 0.329 e. The maximum atomic E-state index is 9.84. The molecule has 2 nitrogen and oxygen atoms in total. The monoisotopic (exact) mass is 210 g/mol. The second kappa shape index (κ2) is 4.82. The summed E-state index contributed by atoms with van der Waals surface area (Å²) in [5.74, 6) is 1.79. The highest BCUT2D eigenvalue weighted by molar-refractivity contribution is 5.80. The van der Waals surface area contributed by atoms with Gasteiger partial charge in [-0.3, -0.25) is 0 Å². The lowest BCUT2D eigenvalue weighted by atomic mass is 9.49. The molecule has 3 rings (SSSR count). The van der Waals surface area contributed by atoms with E-state index in [0.29, 0.717) is 0 Å². The number of esters is 1. The molecule has 0 N–H and O–H groups in total. The first-order valence-corrected chi connectivity index (χ1v) is 5.72. The zero-order valence-electron chi connectivity index (χ0n) is 10.1. The second-order valence-electron chi connectivity index (χ2n) is 5.11. The van der Waals surface area contributed by atoms with E-state index < -0.39 is 5.97 Å². The summed E-state index contributed by atoms with van der Waals surface area (Å²) in [5, 5.41) is 0. The van der Waals surface area contributed by atoms with Gasteiger partial charge in [0.05, 0.1) is 7.11 Å². The summed E-state index contributed by atoms with van der Waals surface area (Å²) in [5.41, 5.74) is 0.734. The minimum absolute atomic E-state index is 0.394. The van der Waals surface area contributed by atoms with Crippen LogP contribution in [0.2, 0.25) is 0 Å². The number of hydrogen-bond donors (Lipinski definition) is 0. The molecule has 0 radical (unpaired) electrons. The van der Waals surface area contributed by atoms with E-state index in [1.54, 1.807) is 6.42 Å². The Morgan fingerprint density at radius 3 is 2.07 bits per heavy atom. The lowest BCUT2D eigenvalue weighted by Crippen LogP contribution is -2.47. The van der Waals surface area contributed by atoms with E-state index in [0.717, 1.165) is 23.3 Å². The number of methoxy groups -OCH3 is 1. The van der Waals surface area contributed by atoms with Gasteiger partial charge in [-0.2, -0.15) is 0 Å². The van der Waals surface area contributed by atoms with E-state index in [1.165, 1.54) is 26.4 Å². The molecular weight excluding hydrogens is 188 g/mol. The first kappa shape index (κ1) is 12.3. The van der Waals surface area contributed by atoms with Crippen LogP contribution in [0.15, 0.2) is 12.7 Å². The molecule has 3 aliphatic rings. The van der Waals surface area contributed by atoms with Gasteiger partial charge in [0, 0.05) is 6.08 Å². The Balaban J connectivity index is 0.000000167. The number of hydrogen-bond acceptors (Lipinski definition) is 2. The van der Waals surface area contributed by atoms with Crippen molar-refractivity contribution in [2.24, 2.45) is 17.3 Å². The van der Waals surface area contributed by atoms with Crippen LogP contribution in [0.3, 0.4) is 0 Å².